The molecule has 0 radical (unpaired) electrons. The summed E-state index contributed by atoms with van der Waals surface area (Å²) in [5.41, 5.74) is 0.108. The van der Waals surface area contributed by atoms with Gasteiger partial charge in [0.25, 0.3) is 0 Å². The van der Waals surface area contributed by atoms with Gasteiger partial charge in [0.2, 0.25) is 0 Å². The average molecular weight is 306 g/mol. The van der Waals surface area contributed by atoms with E-state index in [2.05, 4.69) is 13.8 Å². The third-order valence-corrected chi connectivity index (χ3v) is 3.93. The number of unbranched alkanes of at least 4 members (excludes halogenated alkanes) is 2. The minimum Gasteiger partial charge on any atom is -0.478 e. The van der Waals surface area contributed by atoms with Gasteiger partial charge in [-0.1, -0.05) is 58.1 Å². The van der Waals surface area contributed by atoms with E-state index in [-0.39, 0.29) is 11.1 Å². The Balaban J connectivity index is 2.47. The summed E-state index contributed by atoms with van der Waals surface area (Å²) >= 11 is 0. The number of carboxylic acids is 1. The lowest BCUT2D eigenvalue weighted by Crippen LogP contribution is -2.14. The summed E-state index contributed by atoms with van der Waals surface area (Å²) in [4.78, 5) is 23.1. The van der Waals surface area contributed by atoms with Crippen molar-refractivity contribution in [2.45, 2.75) is 52.4 Å². The Morgan fingerprint density at radius 2 is 1.77 bits per heavy atom. The van der Waals surface area contributed by atoms with Crippen LogP contribution in [-0.2, 0) is 4.74 Å². The number of benzene rings is 1. The van der Waals surface area contributed by atoms with Crippen molar-refractivity contribution in [1.29, 1.82) is 0 Å². The molecule has 0 amide bonds. The first-order valence-corrected chi connectivity index (χ1v) is 8.09. The molecular formula is C18H26O4. The van der Waals surface area contributed by atoms with Crippen molar-refractivity contribution in [3.05, 3.63) is 35.4 Å². The van der Waals surface area contributed by atoms with Gasteiger partial charge in [-0.05, 0) is 24.5 Å². The highest BCUT2D eigenvalue weighted by Gasteiger charge is 2.17. The lowest BCUT2D eigenvalue weighted by molar-refractivity contribution is 0.0470. The predicted octanol–water partition coefficient (Wildman–Crippen LogP) is 4.54. The second-order valence-electron chi connectivity index (χ2n) is 5.55. The number of rotatable bonds is 10. The molecule has 4 nitrogen and oxygen atoms in total. The van der Waals surface area contributed by atoms with Gasteiger partial charge < -0.3 is 9.84 Å². The van der Waals surface area contributed by atoms with E-state index < -0.39 is 11.9 Å². The van der Waals surface area contributed by atoms with Gasteiger partial charge in [-0.3, -0.25) is 0 Å². The Kier molecular flexibility index (Phi) is 8.26. The van der Waals surface area contributed by atoms with Crippen LogP contribution in [0.4, 0.5) is 0 Å². The Labute approximate surface area is 132 Å². The fourth-order valence-corrected chi connectivity index (χ4v) is 2.48. The summed E-state index contributed by atoms with van der Waals surface area (Å²) in [5, 5.41) is 9.08. The van der Waals surface area contributed by atoms with Gasteiger partial charge in [0.05, 0.1) is 17.7 Å². The lowest BCUT2D eigenvalue weighted by Gasteiger charge is -2.14. The first-order chi connectivity index (χ1) is 10.6. The maximum Gasteiger partial charge on any atom is 0.339 e. The number of carbonyl (C=O) groups excluding carboxylic acids is 1. The molecule has 0 bridgehead atoms. The van der Waals surface area contributed by atoms with Crippen molar-refractivity contribution in [3.63, 3.8) is 0 Å². The number of ether oxygens (including phenoxy) is 1. The molecule has 1 N–H and O–H groups in total. The highest BCUT2D eigenvalue weighted by atomic mass is 16.5. The van der Waals surface area contributed by atoms with Crippen molar-refractivity contribution in [2.75, 3.05) is 6.61 Å². The highest BCUT2D eigenvalue weighted by Crippen LogP contribution is 2.18. The molecule has 4 heteroatoms. The van der Waals surface area contributed by atoms with Crippen LogP contribution in [0.5, 0.6) is 0 Å². The number of hydrogen-bond acceptors (Lipinski definition) is 3. The molecule has 1 unspecified atom stereocenters. The van der Waals surface area contributed by atoms with E-state index in [1.54, 1.807) is 12.1 Å². The van der Waals surface area contributed by atoms with E-state index in [0.717, 1.165) is 19.3 Å². The zero-order valence-corrected chi connectivity index (χ0v) is 13.5. The normalized spacial score (nSPS) is 11.9. The number of carbonyl (C=O) groups is 2. The molecule has 0 heterocycles. The fourth-order valence-electron chi connectivity index (χ4n) is 2.48. The number of aromatic carboxylic acids is 1. The summed E-state index contributed by atoms with van der Waals surface area (Å²) in [6.07, 6.45) is 6.73. The van der Waals surface area contributed by atoms with Crippen LogP contribution in [0.15, 0.2) is 24.3 Å². The SMILES string of the molecule is CCCCCC(CC)CCOC(=O)c1ccccc1C(=O)O. The van der Waals surface area contributed by atoms with E-state index in [1.165, 1.54) is 31.4 Å². The van der Waals surface area contributed by atoms with E-state index in [9.17, 15) is 9.59 Å². The Morgan fingerprint density at radius 1 is 1.09 bits per heavy atom. The van der Waals surface area contributed by atoms with Crippen LogP contribution in [0.25, 0.3) is 0 Å². The summed E-state index contributed by atoms with van der Waals surface area (Å²) in [7, 11) is 0. The van der Waals surface area contributed by atoms with Gasteiger partial charge in [0.15, 0.2) is 0 Å². The zero-order valence-electron chi connectivity index (χ0n) is 13.5. The quantitative estimate of drug-likeness (QED) is 0.509. The molecule has 0 saturated carbocycles. The summed E-state index contributed by atoms with van der Waals surface area (Å²) in [5.74, 6) is -1.10. The summed E-state index contributed by atoms with van der Waals surface area (Å²) < 4.78 is 5.26. The van der Waals surface area contributed by atoms with Gasteiger partial charge in [-0.2, -0.15) is 0 Å². The minimum absolute atomic E-state index is 0.0116. The molecule has 122 valence electrons. The monoisotopic (exact) mass is 306 g/mol. The Bertz CT molecular complexity index is 482. The summed E-state index contributed by atoms with van der Waals surface area (Å²) in [6, 6.07) is 6.15. The van der Waals surface area contributed by atoms with Gasteiger partial charge in [0, 0.05) is 0 Å². The molecule has 0 saturated heterocycles. The van der Waals surface area contributed by atoms with Crippen LogP contribution in [0, 0.1) is 5.92 Å². The molecule has 0 fully saturated rings. The highest BCUT2D eigenvalue weighted by molar-refractivity contribution is 6.02. The van der Waals surface area contributed by atoms with Crippen LogP contribution in [0.3, 0.4) is 0 Å². The van der Waals surface area contributed by atoms with Crippen LogP contribution in [0.2, 0.25) is 0 Å². The fraction of sp³-hybridized carbons (Fsp3) is 0.556. The van der Waals surface area contributed by atoms with Crippen LogP contribution in [0.1, 0.15) is 73.1 Å². The molecule has 0 aromatic heterocycles. The molecule has 1 aromatic rings. The molecular weight excluding hydrogens is 280 g/mol. The topological polar surface area (TPSA) is 63.6 Å². The smallest absolute Gasteiger partial charge is 0.339 e. The van der Waals surface area contributed by atoms with Crippen LogP contribution < -0.4 is 0 Å². The first kappa shape index (κ1) is 18.2. The lowest BCUT2D eigenvalue weighted by atomic mass is 9.96. The third kappa shape index (κ3) is 5.88. The molecule has 1 aromatic carbocycles. The first-order valence-electron chi connectivity index (χ1n) is 8.09. The van der Waals surface area contributed by atoms with E-state index >= 15 is 0 Å². The van der Waals surface area contributed by atoms with E-state index in [4.69, 9.17) is 9.84 Å². The minimum atomic E-state index is -1.11. The standard InChI is InChI=1S/C18H26O4/c1-3-5-6-9-14(4-2)12-13-22-18(21)16-11-8-7-10-15(16)17(19)20/h7-8,10-11,14H,3-6,9,12-13H2,1-2H3,(H,19,20). The zero-order chi connectivity index (χ0) is 16.4. The summed E-state index contributed by atoms with van der Waals surface area (Å²) in [6.45, 7) is 4.68. The molecule has 22 heavy (non-hydrogen) atoms. The van der Waals surface area contributed by atoms with Gasteiger partial charge in [-0.15, -0.1) is 0 Å². The molecule has 0 aliphatic carbocycles. The molecule has 0 spiro atoms. The number of esters is 1. The second kappa shape index (κ2) is 9.98. The maximum absolute atomic E-state index is 12.0. The average Bonchev–Trinajstić information content (AvgIpc) is 2.53. The maximum atomic E-state index is 12.0. The van der Waals surface area contributed by atoms with Crippen molar-refractivity contribution in [3.8, 4) is 0 Å². The van der Waals surface area contributed by atoms with Gasteiger partial charge in [-0.25, -0.2) is 9.59 Å². The largest absolute Gasteiger partial charge is 0.478 e. The van der Waals surface area contributed by atoms with E-state index in [1.807, 2.05) is 0 Å². The van der Waals surface area contributed by atoms with Crippen molar-refractivity contribution < 1.29 is 19.4 Å². The predicted molar refractivity (Wildman–Crippen MR) is 86.2 cm³/mol. The van der Waals surface area contributed by atoms with E-state index in [0.29, 0.717) is 12.5 Å². The van der Waals surface area contributed by atoms with Crippen molar-refractivity contribution in [1.82, 2.24) is 0 Å². The number of carboxylic acid groups (broad SMARTS) is 1. The van der Waals surface area contributed by atoms with Gasteiger partial charge >= 0.3 is 11.9 Å². The molecule has 1 atom stereocenters. The van der Waals surface area contributed by atoms with Crippen LogP contribution >= 0.6 is 0 Å². The molecule has 0 aliphatic rings. The number of hydrogen-bond donors (Lipinski definition) is 1. The Morgan fingerprint density at radius 3 is 2.36 bits per heavy atom. The van der Waals surface area contributed by atoms with Gasteiger partial charge in [0.1, 0.15) is 0 Å². The molecule has 0 aliphatic heterocycles. The van der Waals surface area contributed by atoms with Crippen LogP contribution in [-0.4, -0.2) is 23.7 Å². The van der Waals surface area contributed by atoms with Crippen molar-refractivity contribution >= 4 is 11.9 Å². The van der Waals surface area contributed by atoms with Crippen molar-refractivity contribution in [2.24, 2.45) is 5.92 Å². The second-order valence-corrected chi connectivity index (χ2v) is 5.55. The Hall–Kier alpha value is -1.84. The molecule has 1 rings (SSSR count). The third-order valence-electron chi connectivity index (χ3n) is 3.93.